The lowest BCUT2D eigenvalue weighted by Crippen LogP contribution is -2.17. The van der Waals surface area contributed by atoms with E-state index in [1.54, 1.807) is 0 Å². The van der Waals surface area contributed by atoms with Crippen LogP contribution in [0, 0.1) is 0 Å². The van der Waals surface area contributed by atoms with Crippen molar-refractivity contribution in [3.8, 4) is 44.5 Å². The number of anilines is 3. The van der Waals surface area contributed by atoms with Crippen LogP contribution in [0.15, 0.2) is 212 Å². The first-order valence-electron chi connectivity index (χ1n) is 20.3. The lowest BCUT2D eigenvalue weighted by Gasteiger charge is -2.30. The number of fused-ring (bicyclic) bond motifs is 7. The standard InChI is InChI=1S/C57H41N/c1-57(2)54-36-44(49-21-12-17-40-15-6-8-18-47(40)49)29-32-52(54)53-34-31-46(37-55(53)57)58(45-30-33-50-43(35-45)28-27-41-16-7-9-19-48(41)50)56-22-11-10-20-51(56)42-25-23-39(24-26-42)38-13-4-3-5-14-38/h3-37H,1-2H3. The Hall–Kier alpha value is -7.22. The Kier molecular flexibility index (Phi) is 7.91. The number of benzene rings is 10. The molecular formula is C57H41N. The van der Waals surface area contributed by atoms with Crippen molar-refractivity contribution in [2.45, 2.75) is 19.3 Å². The molecule has 0 heterocycles. The van der Waals surface area contributed by atoms with Crippen LogP contribution >= 0.6 is 0 Å². The fourth-order valence-corrected chi connectivity index (χ4v) is 9.46. The molecule has 0 radical (unpaired) electrons. The second kappa shape index (κ2) is 13.5. The van der Waals surface area contributed by atoms with Gasteiger partial charge in [-0.3, -0.25) is 0 Å². The Labute approximate surface area is 340 Å². The molecule has 0 saturated carbocycles. The topological polar surface area (TPSA) is 3.24 Å². The lowest BCUT2D eigenvalue weighted by molar-refractivity contribution is 0.660. The molecule has 0 aromatic heterocycles. The molecule has 10 aromatic carbocycles. The number of hydrogen-bond acceptors (Lipinski definition) is 1. The monoisotopic (exact) mass is 739 g/mol. The Balaban J connectivity index is 1.06. The molecule has 0 N–H and O–H groups in total. The third kappa shape index (κ3) is 5.54. The molecule has 0 spiro atoms. The predicted molar refractivity (Wildman–Crippen MR) is 248 cm³/mol. The third-order valence-electron chi connectivity index (χ3n) is 12.5. The summed E-state index contributed by atoms with van der Waals surface area (Å²) in [5, 5.41) is 7.57. The Morgan fingerprint density at radius 2 is 0.845 bits per heavy atom. The fourth-order valence-electron chi connectivity index (χ4n) is 9.46. The molecule has 10 aromatic rings. The molecule has 1 nitrogen and oxygen atoms in total. The van der Waals surface area contributed by atoms with Gasteiger partial charge in [-0.15, -0.1) is 0 Å². The lowest BCUT2D eigenvalue weighted by atomic mass is 9.81. The van der Waals surface area contributed by atoms with Crippen molar-refractivity contribution in [2.75, 3.05) is 4.90 Å². The Bertz CT molecular complexity index is 3180. The Morgan fingerprint density at radius 1 is 0.310 bits per heavy atom. The fraction of sp³-hybridized carbons (Fsp3) is 0.0526. The average Bonchev–Trinajstić information content (AvgIpc) is 3.51. The minimum atomic E-state index is -0.206. The van der Waals surface area contributed by atoms with Crippen molar-refractivity contribution in [2.24, 2.45) is 0 Å². The summed E-state index contributed by atoms with van der Waals surface area (Å²) in [6, 6.07) is 78.2. The van der Waals surface area contributed by atoms with Crippen LogP contribution in [0.3, 0.4) is 0 Å². The average molecular weight is 740 g/mol. The van der Waals surface area contributed by atoms with Gasteiger partial charge in [0.25, 0.3) is 0 Å². The summed E-state index contributed by atoms with van der Waals surface area (Å²) in [5.41, 5.74) is 15.9. The molecule has 0 saturated heterocycles. The smallest absolute Gasteiger partial charge is 0.0540 e. The van der Waals surface area contributed by atoms with Gasteiger partial charge in [0, 0.05) is 22.4 Å². The van der Waals surface area contributed by atoms with Gasteiger partial charge in [0.15, 0.2) is 0 Å². The van der Waals surface area contributed by atoms with E-state index in [0.717, 1.165) is 17.1 Å². The highest BCUT2D eigenvalue weighted by molar-refractivity contribution is 6.09. The quantitative estimate of drug-likeness (QED) is 0.154. The van der Waals surface area contributed by atoms with E-state index in [4.69, 9.17) is 0 Å². The van der Waals surface area contributed by atoms with Crippen LogP contribution in [0.25, 0.3) is 76.8 Å². The minimum Gasteiger partial charge on any atom is -0.310 e. The largest absolute Gasteiger partial charge is 0.310 e. The van der Waals surface area contributed by atoms with Crippen LogP contribution in [-0.4, -0.2) is 0 Å². The molecule has 274 valence electrons. The van der Waals surface area contributed by atoms with Crippen LogP contribution in [0.4, 0.5) is 17.1 Å². The summed E-state index contributed by atoms with van der Waals surface area (Å²) in [6.45, 7) is 4.78. The van der Waals surface area contributed by atoms with Crippen molar-refractivity contribution < 1.29 is 0 Å². The van der Waals surface area contributed by atoms with E-state index in [0.29, 0.717) is 0 Å². The van der Waals surface area contributed by atoms with Crippen molar-refractivity contribution in [3.05, 3.63) is 223 Å². The van der Waals surface area contributed by atoms with Gasteiger partial charge in [0.1, 0.15) is 0 Å². The zero-order valence-electron chi connectivity index (χ0n) is 32.7. The predicted octanol–water partition coefficient (Wildman–Crippen LogP) is 15.9. The molecule has 0 atom stereocenters. The number of hydrogen-bond donors (Lipinski definition) is 0. The van der Waals surface area contributed by atoms with Crippen LogP contribution in [-0.2, 0) is 5.41 Å². The van der Waals surface area contributed by atoms with E-state index < -0.39 is 0 Å². The molecular weight excluding hydrogens is 699 g/mol. The van der Waals surface area contributed by atoms with Gasteiger partial charge in [-0.1, -0.05) is 190 Å². The summed E-state index contributed by atoms with van der Waals surface area (Å²) in [5.74, 6) is 0. The van der Waals surface area contributed by atoms with Gasteiger partial charge in [-0.05, 0) is 119 Å². The molecule has 0 aliphatic heterocycles. The SMILES string of the molecule is CC1(C)c2cc(-c3cccc4ccccc34)ccc2-c2ccc(N(c3ccc4c(ccc5ccccc54)c3)c3ccccc3-c3ccc(-c4ccccc4)cc3)cc21. The van der Waals surface area contributed by atoms with Crippen LogP contribution in [0.1, 0.15) is 25.0 Å². The molecule has 11 rings (SSSR count). The minimum absolute atomic E-state index is 0.206. The van der Waals surface area contributed by atoms with Crippen molar-refractivity contribution >= 4 is 49.4 Å². The highest BCUT2D eigenvalue weighted by atomic mass is 15.1. The maximum atomic E-state index is 2.47. The first-order chi connectivity index (χ1) is 28.5. The molecule has 0 unspecified atom stereocenters. The highest BCUT2D eigenvalue weighted by Gasteiger charge is 2.36. The summed E-state index contributed by atoms with van der Waals surface area (Å²) in [6.07, 6.45) is 0. The normalized spacial score (nSPS) is 12.8. The van der Waals surface area contributed by atoms with Gasteiger partial charge >= 0.3 is 0 Å². The summed E-state index contributed by atoms with van der Waals surface area (Å²) < 4.78 is 0. The van der Waals surface area contributed by atoms with E-state index in [-0.39, 0.29) is 5.41 Å². The maximum Gasteiger partial charge on any atom is 0.0540 e. The Morgan fingerprint density at radius 3 is 1.67 bits per heavy atom. The third-order valence-corrected chi connectivity index (χ3v) is 12.5. The van der Waals surface area contributed by atoms with E-state index in [1.165, 1.54) is 88.0 Å². The summed E-state index contributed by atoms with van der Waals surface area (Å²) in [7, 11) is 0. The molecule has 0 amide bonds. The first kappa shape index (κ1) is 34.1. The molecule has 1 aliphatic carbocycles. The number of rotatable bonds is 6. The number of nitrogens with zero attached hydrogens (tertiary/aromatic N) is 1. The zero-order chi connectivity index (χ0) is 38.8. The van der Waals surface area contributed by atoms with Gasteiger partial charge in [-0.2, -0.15) is 0 Å². The first-order valence-corrected chi connectivity index (χ1v) is 20.3. The maximum absolute atomic E-state index is 2.47. The zero-order valence-corrected chi connectivity index (χ0v) is 32.7. The number of para-hydroxylation sites is 1. The molecule has 0 fully saturated rings. The van der Waals surface area contributed by atoms with Crippen LogP contribution < -0.4 is 4.90 Å². The van der Waals surface area contributed by atoms with E-state index >= 15 is 0 Å². The van der Waals surface area contributed by atoms with Crippen molar-refractivity contribution in [1.29, 1.82) is 0 Å². The summed E-state index contributed by atoms with van der Waals surface area (Å²) in [4.78, 5) is 2.47. The second-order valence-corrected chi connectivity index (χ2v) is 16.1. The van der Waals surface area contributed by atoms with Gasteiger partial charge in [0.2, 0.25) is 0 Å². The van der Waals surface area contributed by atoms with Gasteiger partial charge in [0.05, 0.1) is 5.69 Å². The van der Waals surface area contributed by atoms with Crippen LogP contribution in [0.5, 0.6) is 0 Å². The summed E-state index contributed by atoms with van der Waals surface area (Å²) >= 11 is 0. The van der Waals surface area contributed by atoms with E-state index in [9.17, 15) is 0 Å². The highest BCUT2D eigenvalue weighted by Crippen LogP contribution is 2.52. The second-order valence-electron chi connectivity index (χ2n) is 16.1. The van der Waals surface area contributed by atoms with Crippen molar-refractivity contribution in [3.63, 3.8) is 0 Å². The molecule has 1 heteroatoms. The van der Waals surface area contributed by atoms with Crippen molar-refractivity contribution in [1.82, 2.24) is 0 Å². The molecule has 1 aliphatic rings. The molecule has 58 heavy (non-hydrogen) atoms. The van der Waals surface area contributed by atoms with E-state index in [2.05, 4.69) is 231 Å². The van der Waals surface area contributed by atoms with Gasteiger partial charge < -0.3 is 4.90 Å². The van der Waals surface area contributed by atoms with E-state index in [1.807, 2.05) is 0 Å². The van der Waals surface area contributed by atoms with Gasteiger partial charge in [-0.25, -0.2) is 0 Å². The molecule has 0 bridgehead atoms. The van der Waals surface area contributed by atoms with Crippen LogP contribution in [0.2, 0.25) is 0 Å².